The van der Waals surface area contributed by atoms with Gasteiger partial charge in [-0.1, -0.05) is 6.07 Å². The number of aromatic amines is 1. The van der Waals surface area contributed by atoms with E-state index in [0.717, 1.165) is 5.69 Å². The normalized spacial score (nSPS) is 10.2. The minimum atomic E-state index is 0.533. The molecule has 2 heterocycles. The van der Waals surface area contributed by atoms with E-state index in [2.05, 4.69) is 32.8 Å². The quantitative estimate of drug-likeness (QED) is 0.700. The number of rotatable bonds is 2. The van der Waals surface area contributed by atoms with Crippen molar-refractivity contribution in [2.45, 2.75) is 11.6 Å². The minimum Gasteiger partial charge on any atom is -0.261 e. The van der Waals surface area contributed by atoms with Crippen LogP contribution in [0, 0.1) is 0 Å². The van der Waals surface area contributed by atoms with Gasteiger partial charge in [0.2, 0.25) is 0 Å². The summed E-state index contributed by atoms with van der Waals surface area (Å²) in [5, 5.41) is 7.16. The summed E-state index contributed by atoms with van der Waals surface area (Å²) in [6, 6.07) is 5.76. The molecule has 2 rings (SSSR count). The van der Waals surface area contributed by atoms with Gasteiger partial charge in [-0.25, -0.2) is 4.98 Å². The van der Waals surface area contributed by atoms with Crippen molar-refractivity contribution in [1.29, 1.82) is 0 Å². The molecule has 0 bridgehead atoms. The van der Waals surface area contributed by atoms with Gasteiger partial charge in [-0.05, 0) is 12.1 Å². The van der Waals surface area contributed by atoms with E-state index in [9.17, 15) is 0 Å². The van der Waals surface area contributed by atoms with Crippen molar-refractivity contribution >= 4 is 12.6 Å². The van der Waals surface area contributed by atoms with Gasteiger partial charge in [0.1, 0.15) is 0 Å². The number of aromatic nitrogens is 4. The van der Waals surface area contributed by atoms with E-state index >= 15 is 0 Å². The zero-order chi connectivity index (χ0) is 9.10. The summed E-state index contributed by atoms with van der Waals surface area (Å²) in [6.07, 6.45) is 2.39. The third-order valence-corrected chi connectivity index (χ3v) is 1.79. The predicted molar refractivity (Wildman–Crippen MR) is 50.7 cm³/mol. The highest BCUT2D eigenvalue weighted by Crippen LogP contribution is 2.03. The van der Waals surface area contributed by atoms with Crippen molar-refractivity contribution in [2.24, 2.45) is 0 Å². The van der Waals surface area contributed by atoms with Crippen molar-refractivity contribution in [3.05, 3.63) is 35.9 Å². The smallest absolute Gasteiger partial charge is 0.180 e. The van der Waals surface area contributed by atoms with Crippen molar-refractivity contribution in [2.75, 3.05) is 0 Å². The Morgan fingerprint density at radius 3 is 2.92 bits per heavy atom. The average molecular weight is 192 g/mol. The Bertz CT molecular complexity index is 384. The first-order valence-corrected chi connectivity index (χ1v) is 4.29. The van der Waals surface area contributed by atoms with Crippen LogP contribution in [0.4, 0.5) is 0 Å². The number of hydrogen-bond donors (Lipinski definition) is 2. The summed E-state index contributed by atoms with van der Waals surface area (Å²) in [4.78, 5) is 8.23. The largest absolute Gasteiger partial charge is 0.261 e. The third kappa shape index (κ3) is 2.06. The lowest BCUT2D eigenvalue weighted by Crippen LogP contribution is -1.93. The second-order valence-electron chi connectivity index (χ2n) is 2.57. The number of nitrogens with zero attached hydrogens (tertiary/aromatic N) is 3. The highest BCUT2D eigenvalue weighted by molar-refractivity contribution is 7.80. The first-order chi connectivity index (χ1) is 6.34. The molecular weight excluding hydrogens is 184 g/mol. The molecule has 0 aliphatic heterocycles. The predicted octanol–water partition coefficient (Wildman–Crippen LogP) is 1.08. The maximum Gasteiger partial charge on any atom is 0.180 e. The van der Waals surface area contributed by atoms with E-state index in [0.29, 0.717) is 17.4 Å². The number of H-pyrrole nitrogens is 1. The molecule has 0 aliphatic rings. The third-order valence-electron chi connectivity index (χ3n) is 1.59. The number of pyridine rings is 1. The van der Waals surface area contributed by atoms with Gasteiger partial charge in [-0.3, -0.25) is 10.1 Å². The molecule has 1 N–H and O–H groups in total. The molecule has 0 amide bonds. The highest BCUT2D eigenvalue weighted by Gasteiger charge is 2.01. The number of thiol groups is 1. The zero-order valence-corrected chi connectivity index (χ0v) is 7.70. The summed E-state index contributed by atoms with van der Waals surface area (Å²) in [5.74, 6) is 0.712. The lowest BCUT2D eigenvalue weighted by molar-refractivity contribution is 0.938. The number of hydrogen-bond acceptors (Lipinski definition) is 4. The van der Waals surface area contributed by atoms with Crippen LogP contribution in [0.1, 0.15) is 11.5 Å². The Hall–Kier alpha value is -1.36. The molecule has 0 unspecified atom stereocenters. The van der Waals surface area contributed by atoms with Gasteiger partial charge in [0.05, 0.1) is 6.42 Å². The van der Waals surface area contributed by atoms with Crippen LogP contribution in [-0.4, -0.2) is 20.2 Å². The molecule has 2 aromatic rings. The van der Waals surface area contributed by atoms with Gasteiger partial charge in [0.15, 0.2) is 11.0 Å². The first kappa shape index (κ1) is 8.25. The molecule has 0 aliphatic carbocycles. The summed E-state index contributed by atoms with van der Waals surface area (Å²) in [7, 11) is 0. The van der Waals surface area contributed by atoms with Crippen molar-refractivity contribution < 1.29 is 0 Å². The molecule has 0 saturated heterocycles. The van der Waals surface area contributed by atoms with Crippen LogP contribution < -0.4 is 0 Å². The Morgan fingerprint density at radius 2 is 2.31 bits per heavy atom. The minimum absolute atomic E-state index is 0.533. The maximum atomic E-state index is 4.16. The van der Waals surface area contributed by atoms with Crippen molar-refractivity contribution in [3.63, 3.8) is 0 Å². The van der Waals surface area contributed by atoms with Crippen LogP contribution in [0.5, 0.6) is 0 Å². The van der Waals surface area contributed by atoms with E-state index < -0.39 is 0 Å². The monoisotopic (exact) mass is 192 g/mol. The fraction of sp³-hybridized carbons (Fsp3) is 0.125. The lowest BCUT2D eigenvalue weighted by Gasteiger charge is -1.93. The van der Waals surface area contributed by atoms with Crippen LogP contribution in [0.3, 0.4) is 0 Å². The molecule has 0 fully saturated rings. The topological polar surface area (TPSA) is 54.5 Å². The molecule has 0 aromatic carbocycles. The molecule has 5 heteroatoms. The fourth-order valence-electron chi connectivity index (χ4n) is 1.03. The van der Waals surface area contributed by atoms with E-state index in [-0.39, 0.29) is 0 Å². The Balaban J connectivity index is 2.15. The summed E-state index contributed by atoms with van der Waals surface area (Å²) in [6.45, 7) is 0. The molecule has 0 saturated carbocycles. The lowest BCUT2D eigenvalue weighted by atomic mass is 10.3. The fourth-order valence-corrected chi connectivity index (χ4v) is 1.20. The SMILES string of the molecule is Sc1nc(Cc2ccccn2)n[nH]1. The molecular formula is C8H8N4S. The van der Waals surface area contributed by atoms with Crippen LogP contribution in [0.15, 0.2) is 29.6 Å². The van der Waals surface area contributed by atoms with E-state index in [4.69, 9.17) is 0 Å². The van der Waals surface area contributed by atoms with Crippen LogP contribution in [-0.2, 0) is 6.42 Å². The number of nitrogens with one attached hydrogen (secondary N) is 1. The zero-order valence-electron chi connectivity index (χ0n) is 6.81. The second kappa shape index (κ2) is 3.57. The highest BCUT2D eigenvalue weighted by atomic mass is 32.1. The van der Waals surface area contributed by atoms with Gasteiger partial charge in [-0.2, -0.15) is 5.10 Å². The average Bonchev–Trinajstić information content (AvgIpc) is 2.53. The molecule has 0 spiro atoms. The maximum absolute atomic E-state index is 4.16. The van der Waals surface area contributed by atoms with Gasteiger partial charge >= 0.3 is 0 Å². The van der Waals surface area contributed by atoms with Crippen LogP contribution in [0.25, 0.3) is 0 Å². The molecule has 0 atom stereocenters. The van der Waals surface area contributed by atoms with Crippen molar-refractivity contribution in [1.82, 2.24) is 20.2 Å². The van der Waals surface area contributed by atoms with Gasteiger partial charge < -0.3 is 0 Å². The van der Waals surface area contributed by atoms with Gasteiger partial charge in [0, 0.05) is 11.9 Å². The van der Waals surface area contributed by atoms with Crippen LogP contribution in [0.2, 0.25) is 0 Å². The second-order valence-corrected chi connectivity index (χ2v) is 3.00. The van der Waals surface area contributed by atoms with Crippen LogP contribution >= 0.6 is 12.6 Å². The Kier molecular flexibility index (Phi) is 2.27. The molecule has 13 heavy (non-hydrogen) atoms. The Labute approximate surface area is 80.8 Å². The molecule has 0 radical (unpaired) electrons. The van der Waals surface area contributed by atoms with E-state index in [1.807, 2.05) is 18.2 Å². The van der Waals surface area contributed by atoms with Gasteiger partial charge in [-0.15, -0.1) is 12.6 Å². The standard InChI is InChI=1S/C8H8N4S/c13-8-10-7(11-12-8)5-6-3-1-2-4-9-6/h1-4H,5H2,(H2,10,11,12,13). The summed E-state index contributed by atoms with van der Waals surface area (Å²) in [5.41, 5.74) is 0.954. The van der Waals surface area contributed by atoms with E-state index in [1.165, 1.54) is 0 Å². The molecule has 66 valence electrons. The first-order valence-electron chi connectivity index (χ1n) is 3.85. The molecule has 4 nitrogen and oxygen atoms in total. The van der Waals surface area contributed by atoms with Crippen molar-refractivity contribution in [3.8, 4) is 0 Å². The summed E-state index contributed by atoms with van der Waals surface area (Å²) >= 11 is 4.02. The Morgan fingerprint density at radius 1 is 1.38 bits per heavy atom. The molecule has 2 aromatic heterocycles. The van der Waals surface area contributed by atoms with E-state index in [1.54, 1.807) is 6.20 Å². The van der Waals surface area contributed by atoms with Gasteiger partial charge in [0.25, 0.3) is 0 Å². The summed E-state index contributed by atoms with van der Waals surface area (Å²) < 4.78 is 0.